The van der Waals surface area contributed by atoms with Crippen LogP contribution in [-0.2, 0) is 20.9 Å². The monoisotopic (exact) mass is 382 g/mol. The van der Waals surface area contributed by atoms with Gasteiger partial charge in [0.05, 0.1) is 7.11 Å². The van der Waals surface area contributed by atoms with Crippen molar-refractivity contribution in [3.8, 4) is 0 Å². The summed E-state index contributed by atoms with van der Waals surface area (Å²) in [6.45, 7) is 4.73. The van der Waals surface area contributed by atoms with Gasteiger partial charge in [-0.1, -0.05) is 23.7 Å². The molecule has 144 valence electrons. The van der Waals surface area contributed by atoms with Gasteiger partial charge in [0.25, 0.3) is 0 Å². The van der Waals surface area contributed by atoms with E-state index in [1.54, 1.807) is 0 Å². The van der Waals surface area contributed by atoms with Crippen molar-refractivity contribution in [2.24, 2.45) is 0 Å². The lowest BCUT2D eigenvalue weighted by Crippen LogP contribution is -2.49. The Balaban J connectivity index is 1.83. The Morgan fingerprint density at radius 1 is 1.38 bits per heavy atom. The number of nitrogens with one attached hydrogen (secondary N) is 1. The average molecular weight is 383 g/mol. The second kappa shape index (κ2) is 9.90. The minimum atomic E-state index is -0.909. The molecule has 0 amide bonds. The largest absolute Gasteiger partial charge is 0.481 e. The number of esters is 1. The van der Waals surface area contributed by atoms with Gasteiger partial charge in [0.1, 0.15) is 6.04 Å². The number of carboxylic acid groups (broad SMARTS) is 1. The van der Waals surface area contributed by atoms with Gasteiger partial charge in [-0.15, -0.1) is 0 Å². The van der Waals surface area contributed by atoms with Crippen molar-refractivity contribution in [1.82, 2.24) is 10.2 Å². The average Bonchev–Trinajstić information content (AvgIpc) is 2.62. The normalized spacial score (nSPS) is 17.0. The van der Waals surface area contributed by atoms with Crippen LogP contribution in [0.2, 0.25) is 5.02 Å². The first-order valence-electron chi connectivity index (χ1n) is 8.92. The fourth-order valence-corrected chi connectivity index (χ4v) is 3.40. The molecule has 6 nitrogen and oxygen atoms in total. The van der Waals surface area contributed by atoms with E-state index in [0.717, 1.165) is 43.1 Å². The molecule has 0 aromatic heterocycles. The van der Waals surface area contributed by atoms with Crippen molar-refractivity contribution >= 4 is 23.5 Å². The second-order valence-corrected chi connectivity index (χ2v) is 7.22. The number of rotatable bonds is 8. The summed E-state index contributed by atoms with van der Waals surface area (Å²) < 4.78 is 4.79. The number of carboxylic acids is 1. The van der Waals surface area contributed by atoms with Gasteiger partial charge in [0, 0.05) is 24.0 Å². The predicted octanol–water partition coefficient (Wildman–Crippen LogP) is 2.61. The number of benzene rings is 1. The van der Waals surface area contributed by atoms with E-state index in [2.05, 4.69) is 22.3 Å². The Bertz CT molecular complexity index is 630. The molecule has 0 radical (unpaired) electrons. The number of nitrogens with zero attached hydrogens (tertiary/aromatic N) is 1. The van der Waals surface area contributed by atoms with Crippen LogP contribution < -0.4 is 5.32 Å². The van der Waals surface area contributed by atoms with Crippen LogP contribution in [0.25, 0.3) is 0 Å². The summed E-state index contributed by atoms with van der Waals surface area (Å²) in [4.78, 5) is 25.0. The Kier molecular flexibility index (Phi) is 7.87. The third-order valence-electron chi connectivity index (χ3n) is 4.79. The third kappa shape index (κ3) is 6.27. The number of carbonyl (C=O) groups excluding carboxylic acids is 1. The van der Waals surface area contributed by atoms with E-state index < -0.39 is 18.0 Å². The van der Waals surface area contributed by atoms with Crippen LogP contribution in [0, 0.1) is 6.92 Å². The molecule has 0 bridgehead atoms. The molecule has 26 heavy (non-hydrogen) atoms. The van der Waals surface area contributed by atoms with Crippen molar-refractivity contribution in [2.45, 2.75) is 51.2 Å². The summed E-state index contributed by atoms with van der Waals surface area (Å²) in [5.41, 5.74) is 2.33. The highest BCUT2D eigenvalue weighted by Gasteiger charge is 2.26. The number of likely N-dealkylation sites (tertiary alicyclic amines) is 1. The summed E-state index contributed by atoms with van der Waals surface area (Å²) in [7, 11) is 1.33. The zero-order chi connectivity index (χ0) is 19.1. The molecule has 0 spiro atoms. The van der Waals surface area contributed by atoms with Gasteiger partial charge in [0.2, 0.25) is 0 Å². The summed E-state index contributed by atoms with van der Waals surface area (Å²) in [5.74, 6) is -1.31. The Morgan fingerprint density at radius 2 is 2.08 bits per heavy atom. The standard InChI is InChI=1S/C19H27ClN2O4/c1-13-11-14(3-4-16(13)20)12-22-9-7-15(8-10-22)21-17(19(25)26-2)5-6-18(23)24/h3-4,11,15,17,21H,5-10,12H2,1-2H3,(H,23,24). The van der Waals surface area contributed by atoms with Gasteiger partial charge in [-0.05, 0) is 56.5 Å². The highest BCUT2D eigenvalue weighted by atomic mass is 35.5. The van der Waals surface area contributed by atoms with Crippen LogP contribution in [0.3, 0.4) is 0 Å². The Labute approximate surface area is 159 Å². The molecule has 1 aliphatic rings. The molecule has 7 heteroatoms. The molecule has 1 aromatic carbocycles. The molecule has 1 atom stereocenters. The van der Waals surface area contributed by atoms with Crippen molar-refractivity contribution in [3.05, 3.63) is 34.3 Å². The quantitative estimate of drug-likeness (QED) is 0.673. The van der Waals surface area contributed by atoms with Gasteiger partial charge in [-0.25, -0.2) is 0 Å². The molecule has 0 aliphatic carbocycles. The summed E-state index contributed by atoms with van der Waals surface area (Å²) in [6, 6.07) is 5.73. The maximum atomic E-state index is 11.9. The zero-order valence-electron chi connectivity index (χ0n) is 15.3. The number of hydrogen-bond donors (Lipinski definition) is 2. The lowest BCUT2D eigenvalue weighted by Gasteiger charge is -2.34. The molecule has 2 rings (SSSR count). The first-order valence-corrected chi connectivity index (χ1v) is 9.30. The number of aryl methyl sites for hydroxylation is 1. The van der Waals surface area contributed by atoms with Crippen LogP contribution in [0.1, 0.15) is 36.8 Å². The molecule has 1 heterocycles. The topological polar surface area (TPSA) is 78.9 Å². The SMILES string of the molecule is COC(=O)C(CCC(=O)O)NC1CCN(Cc2ccc(Cl)c(C)c2)CC1. The highest BCUT2D eigenvalue weighted by Crippen LogP contribution is 2.19. The van der Waals surface area contributed by atoms with E-state index in [4.69, 9.17) is 21.4 Å². The van der Waals surface area contributed by atoms with E-state index in [1.807, 2.05) is 13.0 Å². The number of ether oxygens (including phenoxy) is 1. The van der Waals surface area contributed by atoms with Gasteiger partial charge >= 0.3 is 11.9 Å². The first-order chi connectivity index (χ1) is 12.4. The van der Waals surface area contributed by atoms with Gasteiger partial charge in [-0.2, -0.15) is 0 Å². The second-order valence-electron chi connectivity index (χ2n) is 6.81. The number of piperidine rings is 1. The van der Waals surface area contributed by atoms with Gasteiger partial charge in [0.15, 0.2) is 0 Å². The van der Waals surface area contributed by atoms with Crippen molar-refractivity contribution < 1.29 is 19.4 Å². The molecule has 1 aromatic rings. The number of halogens is 1. The number of aliphatic carboxylic acids is 1. The number of methoxy groups -OCH3 is 1. The number of carbonyl (C=O) groups is 2. The Morgan fingerprint density at radius 3 is 2.65 bits per heavy atom. The van der Waals surface area contributed by atoms with Crippen LogP contribution in [0.15, 0.2) is 18.2 Å². The van der Waals surface area contributed by atoms with E-state index in [-0.39, 0.29) is 18.9 Å². The third-order valence-corrected chi connectivity index (χ3v) is 5.21. The van der Waals surface area contributed by atoms with Crippen molar-refractivity contribution in [1.29, 1.82) is 0 Å². The highest BCUT2D eigenvalue weighted by molar-refractivity contribution is 6.31. The molecular formula is C19H27ClN2O4. The fraction of sp³-hybridized carbons (Fsp3) is 0.579. The molecule has 1 saturated heterocycles. The van der Waals surface area contributed by atoms with Gasteiger partial charge in [-0.3, -0.25) is 14.5 Å². The smallest absolute Gasteiger partial charge is 0.322 e. The summed E-state index contributed by atoms with van der Waals surface area (Å²) >= 11 is 6.08. The maximum absolute atomic E-state index is 11.9. The molecule has 1 fully saturated rings. The maximum Gasteiger partial charge on any atom is 0.322 e. The molecule has 1 aliphatic heterocycles. The van der Waals surface area contributed by atoms with Crippen LogP contribution in [-0.4, -0.2) is 54.2 Å². The van der Waals surface area contributed by atoms with Crippen LogP contribution in [0.5, 0.6) is 0 Å². The number of hydrogen-bond acceptors (Lipinski definition) is 5. The van der Waals surface area contributed by atoms with E-state index >= 15 is 0 Å². The van der Waals surface area contributed by atoms with Gasteiger partial charge < -0.3 is 15.2 Å². The minimum absolute atomic E-state index is 0.0540. The van der Waals surface area contributed by atoms with E-state index in [0.29, 0.717) is 0 Å². The minimum Gasteiger partial charge on any atom is -0.481 e. The Hall–Kier alpha value is -1.63. The van der Waals surface area contributed by atoms with Crippen molar-refractivity contribution in [3.63, 3.8) is 0 Å². The molecule has 2 N–H and O–H groups in total. The fourth-order valence-electron chi connectivity index (χ4n) is 3.28. The van der Waals surface area contributed by atoms with Crippen molar-refractivity contribution in [2.75, 3.05) is 20.2 Å². The van der Waals surface area contributed by atoms with Crippen LogP contribution >= 0.6 is 11.6 Å². The predicted molar refractivity (Wildman–Crippen MR) is 100 cm³/mol. The summed E-state index contributed by atoms with van der Waals surface area (Å²) in [6.07, 6.45) is 2.01. The van der Waals surface area contributed by atoms with E-state index in [1.165, 1.54) is 12.7 Å². The first kappa shape index (κ1) is 20.7. The molecule has 1 unspecified atom stereocenters. The molecular weight excluding hydrogens is 356 g/mol. The van der Waals surface area contributed by atoms with E-state index in [9.17, 15) is 9.59 Å². The lowest BCUT2D eigenvalue weighted by molar-refractivity contribution is -0.144. The summed E-state index contributed by atoms with van der Waals surface area (Å²) in [5, 5.41) is 12.9. The lowest BCUT2D eigenvalue weighted by atomic mass is 10.0. The zero-order valence-corrected chi connectivity index (χ0v) is 16.1. The molecule has 0 saturated carbocycles. The van der Waals surface area contributed by atoms with Crippen LogP contribution in [0.4, 0.5) is 0 Å².